The van der Waals surface area contributed by atoms with Gasteiger partial charge in [-0.25, -0.2) is 4.79 Å². The van der Waals surface area contributed by atoms with Crippen LogP contribution in [0, 0.1) is 6.92 Å². The third kappa shape index (κ3) is 4.02. The first-order chi connectivity index (χ1) is 9.65. The van der Waals surface area contributed by atoms with Crippen LogP contribution >= 0.6 is 0 Å². The summed E-state index contributed by atoms with van der Waals surface area (Å²) < 4.78 is 5.11. The van der Waals surface area contributed by atoms with Crippen molar-refractivity contribution in [3.8, 4) is 5.75 Å². The Morgan fingerprint density at radius 3 is 2.70 bits per heavy atom. The number of aryl methyl sites for hydroxylation is 1. The molecule has 2 aromatic carbocycles. The van der Waals surface area contributed by atoms with E-state index in [0.29, 0.717) is 6.54 Å². The molecule has 0 unspecified atom stereocenters. The minimum atomic E-state index is -0.475. The molecule has 104 valence electrons. The Kier molecular flexibility index (Phi) is 4.60. The van der Waals surface area contributed by atoms with E-state index in [4.69, 9.17) is 4.74 Å². The van der Waals surface area contributed by atoms with Crippen LogP contribution < -0.4 is 5.32 Å². The number of carbonyl (C=O) groups excluding carboxylic acids is 1. The summed E-state index contributed by atoms with van der Waals surface area (Å²) in [5.74, 6) is 0.185. The van der Waals surface area contributed by atoms with Crippen LogP contribution in [0.2, 0.25) is 0 Å². The first-order valence-corrected chi connectivity index (χ1v) is 6.38. The Labute approximate surface area is 118 Å². The van der Waals surface area contributed by atoms with E-state index in [2.05, 4.69) is 5.32 Å². The largest absolute Gasteiger partial charge is 0.508 e. The van der Waals surface area contributed by atoms with Crippen LogP contribution in [0.3, 0.4) is 0 Å². The lowest BCUT2D eigenvalue weighted by Gasteiger charge is -2.09. The van der Waals surface area contributed by atoms with Crippen molar-refractivity contribution < 1.29 is 14.6 Å². The molecule has 0 spiro atoms. The normalized spacial score (nSPS) is 10.1. The third-order valence-corrected chi connectivity index (χ3v) is 2.97. The zero-order chi connectivity index (χ0) is 14.4. The quantitative estimate of drug-likeness (QED) is 0.898. The summed E-state index contributed by atoms with van der Waals surface area (Å²) in [5.41, 5.74) is 2.81. The molecule has 4 nitrogen and oxygen atoms in total. The maximum Gasteiger partial charge on any atom is 0.407 e. The number of aromatic hydroxyl groups is 1. The molecule has 4 heteroatoms. The molecule has 0 atom stereocenters. The number of phenols is 1. The van der Waals surface area contributed by atoms with E-state index in [-0.39, 0.29) is 12.4 Å². The van der Waals surface area contributed by atoms with Gasteiger partial charge < -0.3 is 15.2 Å². The maximum absolute atomic E-state index is 11.6. The van der Waals surface area contributed by atoms with Gasteiger partial charge in [0.15, 0.2) is 0 Å². The summed E-state index contributed by atoms with van der Waals surface area (Å²) >= 11 is 0. The van der Waals surface area contributed by atoms with Gasteiger partial charge in [0.2, 0.25) is 0 Å². The number of carbonyl (C=O) groups is 1. The van der Waals surface area contributed by atoms with E-state index in [1.807, 2.05) is 43.3 Å². The SMILES string of the molecule is Cc1ccc(O)cc1CNC(=O)OCc1ccccc1. The molecule has 0 fully saturated rings. The molecule has 0 aliphatic carbocycles. The number of hydrogen-bond donors (Lipinski definition) is 2. The van der Waals surface area contributed by atoms with E-state index < -0.39 is 6.09 Å². The average Bonchev–Trinajstić information content (AvgIpc) is 2.47. The van der Waals surface area contributed by atoms with Crippen molar-refractivity contribution in [2.75, 3.05) is 0 Å². The molecule has 0 saturated heterocycles. The predicted molar refractivity (Wildman–Crippen MR) is 76.3 cm³/mol. The van der Waals surface area contributed by atoms with Crippen molar-refractivity contribution >= 4 is 6.09 Å². The smallest absolute Gasteiger partial charge is 0.407 e. The van der Waals surface area contributed by atoms with E-state index in [9.17, 15) is 9.90 Å². The molecule has 2 aromatic rings. The second-order valence-electron chi connectivity index (χ2n) is 4.53. The fourth-order valence-corrected chi connectivity index (χ4v) is 1.79. The van der Waals surface area contributed by atoms with Gasteiger partial charge in [0, 0.05) is 6.54 Å². The van der Waals surface area contributed by atoms with E-state index in [1.165, 1.54) is 0 Å². The third-order valence-electron chi connectivity index (χ3n) is 2.97. The molecule has 0 aromatic heterocycles. The van der Waals surface area contributed by atoms with Gasteiger partial charge in [-0.05, 0) is 35.7 Å². The molecular weight excluding hydrogens is 254 g/mol. The number of benzene rings is 2. The van der Waals surface area contributed by atoms with Crippen LogP contribution in [0.1, 0.15) is 16.7 Å². The Morgan fingerprint density at radius 1 is 1.20 bits per heavy atom. The molecule has 0 aliphatic heterocycles. The van der Waals surface area contributed by atoms with Gasteiger partial charge in [0.05, 0.1) is 0 Å². The predicted octanol–water partition coefficient (Wildman–Crippen LogP) is 3.13. The van der Waals surface area contributed by atoms with Crippen molar-refractivity contribution in [3.63, 3.8) is 0 Å². The Bertz CT molecular complexity index is 582. The van der Waals surface area contributed by atoms with E-state index in [1.54, 1.807) is 12.1 Å². The zero-order valence-electron chi connectivity index (χ0n) is 11.3. The fraction of sp³-hybridized carbons (Fsp3) is 0.188. The summed E-state index contributed by atoms with van der Waals surface area (Å²) in [6, 6.07) is 14.5. The van der Waals surface area contributed by atoms with Crippen LogP contribution in [0.4, 0.5) is 4.79 Å². The number of hydrogen-bond acceptors (Lipinski definition) is 3. The standard InChI is InChI=1S/C16H17NO3/c1-12-7-8-15(18)9-14(12)10-17-16(19)20-11-13-5-3-2-4-6-13/h2-9,18H,10-11H2,1H3,(H,17,19). The molecule has 0 aliphatic rings. The molecule has 1 amide bonds. The monoisotopic (exact) mass is 271 g/mol. The van der Waals surface area contributed by atoms with Gasteiger partial charge in [-0.3, -0.25) is 0 Å². The van der Waals surface area contributed by atoms with E-state index in [0.717, 1.165) is 16.7 Å². The molecule has 0 radical (unpaired) electrons. The minimum Gasteiger partial charge on any atom is -0.508 e. The molecule has 2 rings (SSSR count). The molecule has 0 saturated carbocycles. The van der Waals surface area contributed by atoms with Crippen LogP contribution in [0.25, 0.3) is 0 Å². The number of ether oxygens (including phenoxy) is 1. The van der Waals surface area contributed by atoms with Crippen molar-refractivity contribution in [1.29, 1.82) is 0 Å². The van der Waals surface area contributed by atoms with Crippen molar-refractivity contribution in [2.45, 2.75) is 20.1 Å². The number of alkyl carbamates (subject to hydrolysis) is 1. The van der Waals surface area contributed by atoms with Crippen LogP contribution in [0.5, 0.6) is 5.75 Å². The van der Waals surface area contributed by atoms with Gasteiger partial charge in [-0.2, -0.15) is 0 Å². The highest BCUT2D eigenvalue weighted by molar-refractivity contribution is 5.67. The Morgan fingerprint density at radius 2 is 1.95 bits per heavy atom. The lowest BCUT2D eigenvalue weighted by atomic mass is 10.1. The van der Waals surface area contributed by atoms with Crippen molar-refractivity contribution in [2.24, 2.45) is 0 Å². The Balaban J connectivity index is 1.82. The zero-order valence-corrected chi connectivity index (χ0v) is 11.3. The summed E-state index contributed by atoms with van der Waals surface area (Å²) in [4.78, 5) is 11.6. The summed E-state index contributed by atoms with van der Waals surface area (Å²) in [7, 11) is 0. The minimum absolute atomic E-state index is 0.185. The molecule has 0 heterocycles. The second-order valence-corrected chi connectivity index (χ2v) is 4.53. The molecular formula is C16H17NO3. The fourth-order valence-electron chi connectivity index (χ4n) is 1.79. The molecule has 20 heavy (non-hydrogen) atoms. The topological polar surface area (TPSA) is 58.6 Å². The van der Waals surface area contributed by atoms with Gasteiger partial charge in [-0.1, -0.05) is 36.4 Å². The maximum atomic E-state index is 11.6. The number of rotatable bonds is 4. The van der Waals surface area contributed by atoms with Gasteiger partial charge in [0.1, 0.15) is 12.4 Å². The summed E-state index contributed by atoms with van der Waals surface area (Å²) in [5, 5.41) is 12.1. The Hall–Kier alpha value is -2.49. The average molecular weight is 271 g/mol. The highest BCUT2D eigenvalue weighted by atomic mass is 16.5. The van der Waals surface area contributed by atoms with Crippen molar-refractivity contribution in [3.05, 3.63) is 65.2 Å². The van der Waals surface area contributed by atoms with Crippen LogP contribution in [-0.4, -0.2) is 11.2 Å². The van der Waals surface area contributed by atoms with E-state index >= 15 is 0 Å². The molecule has 0 bridgehead atoms. The molecule has 2 N–H and O–H groups in total. The highest BCUT2D eigenvalue weighted by Crippen LogP contribution is 2.15. The number of nitrogens with one attached hydrogen (secondary N) is 1. The summed E-state index contributed by atoms with van der Waals surface area (Å²) in [6.07, 6.45) is -0.475. The lowest BCUT2D eigenvalue weighted by molar-refractivity contribution is 0.139. The second kappa shape index (κ2) is 6.61. The van der Waals surface area contributed by atoms with Gasteiger partial charge in [-0.15, -0.1) is 0 Å². The number of amides is 1. The van der Waals surface area contributed by atoms with Gasteiger partial charge in [0.25, 0.3) is 0 Å². The summed E-state index contributed by atoms with van der Waals surface area (Å²) in [6.45, 7) is 2.49. The number of phenolic OH excluding ortho intramolecular Hbond substituents is 1. The van der Waals surface area contributed by atoms with Crippen LogP contribution in [0.15, 0.2) is 48.5 Å². The lowest BCUT2D eigenvalue weighted by Crippen LogP contribution is -2.24. The van der Waals surface area contributed by atoms with Crippen LogP contribution in [-0.2, 0) is 17.9 Å². The van der Waals surface area contributed by atoms with Gasteiger partial charge >= 0.3 is 6.09 Å². The highest BCUT2D eigenvalue weighted by Gasteiger charge is 2.05. The first-order valence-electron chi connectivity index (χ1n) is 6.38. The van der Waals surface area contributed by atoms with Crippen molar-refractivity contribution in [1.82, 2.24) is 5.32 Å². The first kappa shape index (κ1) is 13.9.